The number of nitrogens with zero attached hydrogens (tertiary/aromatic N) is 1. The predicted octanol–water partition coefficient (Wildman–Crippen LogP) is 1.28. The number of hydrogen-bond donors (Lipinski definition) is 1. The molecule has 1 heterocycles. The lowest BCUT2D eigenvalue weighted by Crippen LogP contribution is -2.18. The second-order valence-electron chi connectivity index (χ2n) is 2.98. The Morgan fingerprint density at radius 1 is 1.64 bits per heavy atom. The first-order valence-electron chi connectivity index (χ1n) is 3.85. The lowest BCUT2D eigenvalue weighted by Gasteiger charge is -2.06. The number of aryl methyl sites for hydroxylation is 1. The van der Waals surface area contributed by atoms with Crippen molar-refractivity contribution >= 4 is 0 Å². The molecule has 2 N–H and O–H groups in total. The Kier molecular flexibility index (Phi) is 2.60. The van der Waals surface area contributed by atoms with Crippen molar-refractivity contribution in [3.05, 3.63) is 29.6 Å². The van der Waals surface area contributed by atoms with Crippen LogP contribution in [0, 0.1) is 6.92 Å². The zero-order valence-electron chi connectivity index (χ0n) is 7.04. The molecule has 0 aliphatic carbocycles. The molecule has 0 unspecified atom stereocenters. The molecule has 0 saturated heterocycles. The number of hydrogen-bond acceptors (Lipinski definition) is 2. The maximum atomic E-state index is 5.67. The average Bonchev–Trinajstić information content (AvgIpc) is 1.93. The summed E-state index contributed by atoms with van der Waals surface area (Å²) in [7, 11) is 0. The first-order valence-corrected chi connectivity index (χ1v) is 3.85. The molecule has 0 fully saturated rings. The van der Waals surface area contributed by atoms with Gasteiger partial charge in [0.1, 0.15) is 0 Å². The molecule has 60 valence electrons. The quantitative estimate of drug-likeness (QED) is 0.689. The lowest BCUT2D eigenvalue weighted by atomic mass is 10.1. The lowest BCUT2D eigenvalue weighted by molar-refractivity contribution is 0.733. The second kappa shape index (κ2) is 3.49. The van der Waals surface area contributed by atoms with Gasteiger partial charge in [-0.25, -0.2) is 0 Å². The van der Waals surface area contributed by atoms with E-state index in [1.54, 1.807) is 0 Å². The van der Waals surface area contributed by atoms with Crippen LogP contribution in [0.3, 0.4) is 0 Å². The van der Waals surface area contributed by atoms with E-state index in [-0.39, 0.29) is 6.04 Å². The smallest absolute Gasteiger partial charge is 0.0299 e. The second-order valence-corrected chi connectivity index (χ2v) is 2.98. The third-order valence-electron chi connectivity index (χ3n) is 1.68. The SMILES string of the molecule is Cc1cnccc1C[C@@H](C)N. The number of aromatic nitrogens is 1. The van der Waals surface area contributed by atoms with E-state index in [9.17, 15) is 0 Å². The molecule has 1 aromatic rings. The molecule has 0 amide bonds. The van der Waals surface area contributed by atoms with Crippen molar-refractivity contribution in [2.45, 2.75) is 26.3 Å². The molecule has 1 rings (SSSR count). The van der Waals surface area contributed by atoms with Crippen LogP contribution in [0.4, 0.5) is 0 Å². The number of nitrogens with two attached hydrogens (primary N) is 1. The van der Waals surface area contributed by atoms with Gasteiger partial charge in [0, 0.05) is 18.4 Å². The fraction of sp³-hybridized carbons (Fsp3) is 0.444. The predicted molar refractivity (Wildman–Crippen MR) is 46.3 cm³/mol. The van der Waals surface area contributed by atoms with E-state index in [4.69, 9.17) is 5.73 Å². The van der Waals surface area contributed by atoms with Crippen LogP contribution in [-0.4, -0.2) is 11.0 Å². The minimum Gasteiger partial charge on any atom is -0.328 e. The largest absolute Gasteiger partial charge is 0.328 e. The van der Waals surface area contributed by atoms with Crippen LogP contribution in [0.5, 0.6) is 0 Å². The molecule has 0 radical (unpaired) electrons. The van der Waals surface area contributed by atoms with Gasteiger partial charge >= 0.3 is 0 Å². The van der Waals surface area contributed by atoms with Crippen molar-refractivity contribution in [2.75, 3.05) is 0 Å². The summed E-state index contributed by atoms with van der Waals surface area (Å²) in [6.45, 7) is 4.07. The van der Waals surface area contributed by atoms with E-state index in [0.717, 1.165) is 6.42 Å². The Balaban J connectivity index is 2.78. The summed E-state index contributed by atoms with van der Waals surface area (Å²) in [6.07, 6.45) is 4.62. The molecular formula is C9H14N2. The molecular weight excluding hydrogens is 136 g/mol. The van der Waals surface area contributed by atoms with Crippen molar-refractivity contribution < 1.29 is 0 Å². The van der Waals surface area contributed by atoms with Crippen LogP contribution in [0.1, 0.15) is 18.1 Å². The van der Waals surface area contributed by atoms with Crippen LogP contribution in [0.2, 0.25) is 0 Å². The normalized spacial score (nSPS) is 13.0. The topological polar surface area (TPSA) is 38.9 Å². The average molecular weight is 150 g/mol. The van der Waals surface area contributed by atoms with Gasteiger partial charge in [0.05, 0.1) is 0 Å². The Bertz CT molecular complexity index is 231. The van der Waals surface area contributed by atoms with Gasteiger partial charge in [-0.05, 0) is 37.5 Å². The Morgan fingerprint density at radius 2 is 2.36 bits per heavy atom. The molecule has 2 nitrogen and oxygen atoms in total. The first kappa shape index (κ1) is 8.21. The van der Waals surface area contributed by atoms with Gasteiger partial charge in [-0.1, -0.05) is 0 Å². The Labute approximate surface area is 67.5 Å². The zero-order chi connectivity index (χ0) is 8.27. The summed E-state index contributed by atoms with van der Waals surface area (Å²) >= 11 is 0. The van der Waals surface area contributed by atoms with Crippen LogP contribution in [0.25, 0.3) is 0 Å². The van der Waals surface area contributed by atoms with Gasteiger partial charge in [-0.2, -0.15) is 0 Å². The van der Waals surface area contributed by atoms with Crippen LogP contribution >= 0.6 is 0 Å². The maximum absolute atomic E-state index is 5.67. The van der Waals surface area contributed by atoms with E-state index in [0.29, 0.717) is 0 Å². The van der Waals surface area contributed by atoms with Crippen LogP contribution < -0.4 is 5.73 Å². The van der Waals surface area contributed by atoms with E-state index >= 15 is 0 Å². The molecule has 1 atom stereocenters. The van der Waals surface area contributed by atoms with E-state index < -0.39 is 0 Å². The van der Waals surface area contributed by atoms with E-state index in [1.165, 1.54) is 11.1 Å². The van der Waals surface area contributed by atoms with Gasteiger partial charge in [-0.3, -0.25) is 4.98 Å². The maximum Gasteiger partial charge on any atom is 0.0299 e. The number of pyridine rings is 1. The fourth-order valence-electron chi connectivity index (χ4n) is 1.08. The zero-order valence-corrected chi connectivity index (χ0v) is 7.04. The highest BCUT2D eigenvalue weighted by Gasteiger charge is 1.99. The van der Waals surface area contributed by atoms with Gasteiger partial charge < -0.3 is 5.73 Å². The molecule has 0 aromatic carbocycles. The molecule has 2 heteroatoms. The van der Waals surface area contributed by atoms with Crippen molar-refractivity contribution in [1.82, 2.24) is 4.98 Å². The van der Waals surface area contributed by atoms with E-state index in [2.05, 4.69) is 11.9 Å². The molecule has 0 bridgehead atoms. The summed E-state index contributed by atoms with van der Waals surface area (Å²) in [5, 5.41) is 0. The third-order valence-corrected chi connectivity index (χ3v) is 1.68. The minimum atomic E-state index is 0.232. The Morgan fingerprint density at radius 3 is 2.91 bits per heavy atom. The van der Waals surface area contributed by atoms with Crippen molar-refractivity contribution in [3.63, 3.8) is 0 Å². The van der Waals surface area contributed by atoms with Gasteiger partial charge in [0.25, 0.3) is 0 Å². The van der Waals surface area contributed by atoms with Crippen molar-refractivity contribution in [1.29, 1.82) is 0 Å². The highest BCUT2D eigenvalue weighted by atomic mass is 14.6. The highest BCUT2D eigenvalue weighted by Crippen LogP contribution is 2.06. The monoisotopic (exact) mass is 150 g/mol. The molecule has 0 saturated carbocycles. The van der Waals surface area contributed by atoms with Gasteiger partial charge in [0.2, 0.25) is 0 Å². The first-order chi connectivity index (χ1) is 5.20. The van der Waals surface area contributed by atoms with Gasteiger partial charge in [-0.15, -0.1) is 0 Å². The van der Waals surface area contributed by atoms with Crippen LogP contribution in [0.15, 0.2) is 18.5 Å². The standard InChI is InChI=1S/C9H14N2/c1-7-6-11-4-3-9(7)5-8(2)10/h3-4,6,8H,5,10H2,1-2H3/t8-/m1/s1. The summed E-state index contributed by atoms with van der Waals surface area (Å²) in [6, 6.07) is 2.26. The summed E-state index contributed by atoms with van der Waals surface area (Å²) in [4.78, 5) is 4.01. The summed E-state index contributed by atoms with van der Waals surface area (Å²) in [5.41, 5.74) is 8.20. The Hall–Kier alpha value is -0.890. The highest BCUT2D eigenvalue weighted by molar-refractivity contribution is 5.22. The number of rotatable bonds is 2. The van der Waals surface area contributed by atoms with Crippen LogP contribution in [-0.2, 0) is 6.42 Å². The molecule has 0 spiro atoms. The van der Waals surface area contributed by atoms with Crippen molar-refractivity contribution in [2.24, 2.45) is 5.73 Å². The molecule has 11 heavy (non-hydrogen) atoms. The summed E-state index contributed by atoms with van der Waals surface area (Å²) < 4.78 is 0. The molecule has 0 aliphatic rings. The molecule has 1 aromatic heterocycles. The molecule has 0 aliphatic heterocycles. The minimum absolute atomic E-state index is 0.232. The third kappa shape index (κ3) is 2.31. The fourth-order valence-corrected chi connectivity index (χ4v) is 1.08. The van der Waals surface area contributed by atoms with Gasteiger partial charge in [0.15, 0.2) is 0 Å². The van der Waals surface area contributed by atoms with Crippen molar-refractivity contribution in [3.8, 4) is 0 Å². The summed E-state index contributed by atoms with van der Waals surface area (Å²) in [5.74, 6) is 0. The van der Waals surface area contributed by atoms with E-state index in [1.807, 2.05) is 25.4 Å².